The third-order valence-electron chi connectivity index (χ3n) is 3.32. The van der Waals surface area contributed by atoms with Gasteiger partial charge in [0.05, 0.1) is 6.54 Å². The fraction of sp³-hybridized carbons (Fsp3) is 0.857. The number of amides is 2. The lowest BCUT2D eigenvalue weighted by Crippen LogP contribution is -2.53. The van der Waals surface area contributed by atoms with Gasteiger partial charge in [-0.3, -0.25) is 4.79 Å². The number of rotatable bonds is 3. The highest BCUT2D eigenvalue weighted by Gasteiger charge is 2.31. The van der Waals surface area contributed by atoms with Crippen LogP contribution in [0.15, 0.2) is 0 Å². The molecule has 0 aromatic carbocycles. The SMILES string of the molecule is CCN(C(=O)CN)[C@@H]1CCCN(C(=O)OC(C)(C)C)C1. The number of likely N-dealkylation sites (tertiary alicyclic amines) is 1. The van der Waals surface area contributed by atoms with E-state index < -0.39 is 5.60 Å². The van der Waals surface area contributed by atoms with Crippen LogP contribution in [-0.2, 0) is 9.53 Å². The topological polar surface area (TPSA) is 75.9 Å². The summed E-state index contributed by atoms with van der Waals surface area (Å²) >= 11 is 0. The summed E-state index contributed by atoms with van der Waals surface area (Å²) in [6.07, 6.45) is 1.47. The zero-order valence-corrected chi connectivity index (χ0v) is 13.0. The molecule has 0 radical (unpaired) electrons. The molecular formula is C14H27N3O3. The lowest BCUT2D eigenvalue weighted by Gasteiger charge is -2.39. The molecule has 116 valence electrons. The summed E-state index contributed by atoms with van der Waals surface area (Å²) in [4.78, 5) is 27.3. The van der Waals surface area contributed by atoms with Gasteiger partial charge in [-0.2, -0.15) is 0 Å². The maximum absolute atomic E-state index is 12.1. The summed E-state index contributed by atoms with van der Waals surface area (Å²) in [6.45, 7) is 9.31. The Hall–Kier alpha value is -1.30. The average Bonchev–Trinajstić information content (AvgIpc) is 2.37. The van der Waals surface area contributed by atoms with E-state index in [0.717, 1.165) is 12.8 Å². The third-order valence-corrected chi connectivity index (χ3v) is 3.32. The number of likely N-dealkylation sites (N-methyl/N-ethyl adjacent to an activating group) is 1. The zero-order valence-electron chi connectivity index (χ0n) is 13.0. The van der Waals surface area contributed by atoms with E-state index in [1.165, 1.54) is 0 Å². The van der Waals surface area contributed by atoms with Crippen molar-refractivity contribution in [1.82, 2.24) is 9.80 Å². The highest BCUT2D eigenvalue weighted by atomic mass is 16.6. The van der Waals surface area contributed by atoms with Crippen molar-refractivity contribution in [3.8, 4) is 0 Å². The number of carbonyl (C=O) groups is 2. The molecule has 2 N–H and O–H groups in total. The smallest absolute Gasteiger partial charge is 0.410 e. The van der Waals surface area contributed by atoms with Gasteiger partial charge >= 0.3 is 6.09 Å². The fourth-order valence-corrected chi connectivity index (χ4v) is 2.46. The van der Waals surface area contributed by atoms with E-state index in [4.69, 9.17) is 10.5 Å². The van der Waals surface area contributed by atoms with Crippen molar-refractivity contribution in [2.75, 3.05) is 26.2 Å². The van der Waals surface area contributed by atoms with Crippen molar-refractivity contribution in [3.63, 3.8) is 0 Å². The quantitative estimate of drug-likeness (QED) is 0.845. The highest BCUT2D eigenvalue weighted by Crippen LogP contribution is 2.18. The first-order valence-electron chi connectivity index (χ1n) is 7.26. The van der Waals surface area contributed by atoms with Crippen molar-refractivity contribution >= 4 is 12.0 Å². The molecular weight excluding hydrogens is 258 g/mol. The molecule has 1 saturated heterocycles. The van der Waals surface area contributed by atoms with Crippen LogP contribution in [0.2, 0.25) is 0 Å². The van der Waals surface area contributed by atoms with Crippen LogP contribution in [0.5, 0.6) is 0 Å². The lowest BCUT2D eigenvalue weighted by molar-refractivity contribution is -0.132. The van der Waals surface area contributed by atoms with Gasteiger partial charge in [-0.15, -0.1) is 0 Å². The minimum Gasteiger partial charge on any atom is -0.444 e. The summed E-state index contributed by atoms with van der Waals surface area (Å²) in [5.74, 6) is -0.0662. The Morgan fingerprint density at radius 2 is 2.05 bits per heavy atom. The van der Waals surface area contributed by atoms with Gasteiger partial charge in [0.25, 0.3) is 0 Å². The second-order valence-corrected chi connectivity index (χ2v) is 6.11. The lowest BCUT2D eigenvalue weighted by atomic mass is 10.0. The first-order valence-corrected chi connectivity index (χ1v) is 7.26. The molecule has 20 heavy (non-hydrogen) atoms. The Morgan fingerprint density at radius 1 is 1.40 bits per heavy atom. The number of nitrogens with two attached hydrogens (primary N) is 1. The Balaban J connectivity index is 2.66. The van der Waals surface area contributed by atoms with Crippen molar-refractivity contribution in [2.24, 2.45) is 5.73 Å². The van der Waals surface area contributed by atoms with Crippen LogP contribution in [0.1, 0.15) is 40.5 Å². The van der Waals surface area contributed by atoms with Gasteiger partial charge in [0.1, 0.15) is 5.60 Å². The van der Waals surface area contributed by atoms with Gasteiger partial charge in [0, 0.05) is 25.7 Å². The van der Waals surface area contributed by atoms with Crippen LogP contribution in [0.3, 0.4) is 0 Å². The van der Waals surface area contributed by atoms with Crippen LogP contribution in [-0.4, -0.2) is 59.6 Å². The molecule has 2 amide bonds. The second kappa shape index (κ2) is 6.92. The molecule has 0 bridgehead atoms. The van der Waals surface area contributed by atoms with Gasteiger partial charge in [0.15, 0.2) is 0 Å². The molecule has 1 aliphatic heterocycles. The molecule has 1 fully saturated rings. The van der Waals surface area contributed by atoms with Crippen molar-refractivity contribution < 1.29 is 14.3 Å². The minimum absolute atomic E-state index is 0.0107. The standard InChI is InChI=1S/C14H27N3O3/c1-5-17(12(18)9-15)11-7-6-8-16(10-11)13(19)20-14(2,3)4/h11H,5-10,15H2,1-4H3/t11-/m1/s1. The number of ether oxygens (including phenoxy) is 1. The Labute approximate surface area is 121 Å². The van der Waals surface area contributed by atoms with Gasteiger partial charge in [0.2, 0.25) is 5.91 Å². The average molecular weight is 285 g/mol. The molecule has 0 aliphatic carbocycles. The molecule has 0 aromatic heterocycles. The summed E-state index contributed by atoms with van der Waals surface area (Å²) in [6, 6.07) is 0.0392. The van der Waals surface area contributed by atoms with Gasteiger partial charge in [-0.05, 0) is 40.5 Å². The summed E-state index contributed by atoms with van der Waals surface area (Å²) in [5.41, 5.74) is 4.94. The van der Waals surface area contributed by atoms with Crippen LogP contribution < -0.4 is 5.73 Å². The van der Waals surface area contributed by atoms with E-state index in [0.29, 0.717) is 19.6 Å². The molecule has 1 aliphatic rings. The van der Waals surface area contributed by atoms with Crippen molar-refractivity contribution in [2.45, 2.75) is 52.2 Å². The number of carbonyl (C=O) groups excluding carboxylic acids is 2. The summed E-state index contributed by atoms with van der Waals surface area (Å²) < 4.78 is 5.38. The Morgan fingerprint density at radius 3 is 2.55 bits per heavy atom. The second-order valence-electron chi connectivity index (χ2n) is 6.11. The van der Waals surface area contributed by atoms with Crippen LogP contribution in [0, 0.1) is 0 Å². The molecule has 6 heteroatoms. The molecule has 0 aromatic rings. The first-order chi connectivity index (χ1) is 9.28. The van der Waals surface area contributed by atoms with E-state index in [1.54, 1.807) is 9.80 Å². The maximum atomic E-state index is 12.1. The van der Waals surface area contributed by atoms with E-state index in [-0.39, 0.29) is 24.6 Å². The highest BCUT2D eigenvalue weighted by molar-refractivity contribution is 5.78. The molecule has 0 spiro atoms. The summed E-state index contributed by atoms with van der Waals surface area (Å²) in [5, 5.41) is 0. The van der Waals surface area contributed by atoms with Crippen molar-refractivity contribution in [1.29, 1.82) is 0 Å². The Kier molecular flexibility index (Phi) is 5.80. The zero-order chi connectivity index (χ0) is 15.3. The molecule has 6 nitrogen and oxygen atoms in total. The van der Waals surface area contributed by atoms with Crippen molar-refractivity contribution in [3.05, 3.63) is 0 Å². The molecule has 1 rings (SSSR count). The number of nitrogens with zero attached hydrogens (tertiary/aromatic N) is 2. The molecule has 1 atom stereocenters. The van der Waals surface area contributed by atoms with Crippen LogP contribution >= 0.6 is 0 Å². The predicted octanol–water partition coefficient (Wildman–Crippen LogP) is 1.19. The number of piperidine rings is 1. The van der Waals surface area contributed by atoms with Gasteiger partial charge < -0.3 is 20.3 Å². The first kappa shape index (κ1) is 16.8. The molecule has 0 saturated carbocycles. The monoisotopic (exact) mass is 285 g/mol. The predicted molar refractivity (Wildman–Crippen MR) is 77.3 cm³/mol. The molecule has 1 heterocycles. The minimum atomic E-state index is -0.498. The number of hydrogen-bond donors (Lipinski definition) is 1. The number of hydrogen-bond acceptors (Lipinski definition) is 4. The van der Waals surface area contributed by atoms with Crippen LogP contribution in [0.25, 0.3) is 0 Å². The summed E-state index contributed by atoms with van der Waals surface area (Å²) in [7, 11) is 0. The normalized spacial score (nSPS) is 19.6. The van der Waals surface area contributed by atoms with Gasteiger partial charge in [-0.25, -0.2) is 4.79 Å². The van der Waals surface area contributed by atoms with E-state index in [2.05, 4.69) is 0 Å². The van der Waals surface area contributed by atoms with E-state index >= 15 is 0 Å². The van der Waals surface area contributed by atoms with Gasteiger partial charge in [-0.1, -0.05) is 0 Å². The Bertz CT molecular complexity index is 352. The van der Waals surface area contributed by atoms with E-state index in [1.807, 2.05) is 27.7 Å². The third kappa shape index (κ3) is 4.67. The fourth-order valence-electron chi connectivity index (χ4n) is 2.46. The molecule has 0 unspecified atom stereocenters. The maximum Gasteiger partial charge on any atom is 0.410 e. The van der Waals surface area contributed by atoms with E-state index in [9.17, 15) is 9.59 Å². The van der Waals surface area contributed by atoms with Crippen LogP contribution in [0.4, 0.5) is 4.79 Å². The largest absolute Gasteiger partial charge is 0.444 e.